The van der Waals surface area contributed by atoms with Gasteiger partial charge in [0.05, 0.1) is 12.7 Å². The maximum Gasteiger partial charge on any atom is 0.306 e. The van der Waals surface area contributed by atoms with Crippen LogP contribution in [0.3, 0.4) is 0 Å². The molecule has 0 aromatic heterocycles. The first-order chi connectivity index (χ1) is 21.5. The number of ether oxygens (including phenoxy) is 4. The average Bonchev–Trinajstić information content (AvgIpc) is 3.54. The molecule has 3 unspecified atom stereocenters. The Morgan fingerprint density at radius 3 is 1.55 bits per heavy atom. The smallest absolute Gasteiger partial charge is 0.306 e. The van der Waals surface area contributed by atoms with Gasteiger partial charge in [-0.2, -0.15) is 0 Å². The van der Waals surface area contributed by atoms with Crippen LogP contribution < -0.4 is 0 Å². The van der Waals surface area contributed by atoms with Crippen LogP contribution in [0.5, 0.6) is 0 Å². The topological polar surface area (TPSA) is 88.1 Å². The van der Waals surface area contributed by atoms with Gasteiger partial charge in [-0.05, 0) is 70.6 Å². The highest BCUT2D eigenvalue weighted by molar-refractivity contribution is 5.70. The van der Waals surface area contributed by atoms with Crippen molar-refractivity contribution in [1.29, 1.82) is 0 Å². The van der Waals surface area contributed by atoms with Crippen molar-refractivity contribution >= 4 is 17.9 Å². The van der Waals surface area contributed by atoms with Gasteiger partial charge in [-0.25, -0.2) is 0 Å². The summed E-state index contributed by atoms with van der Waals surface area (Å²) in [6.07, 6.45) is 23.9. The minimum Gasteiger partial charge on any atom is -0.466 e. The fraction of sp³-hybridized carbons (Fsp3) is 0.919. The summed E-state index contributed by atoms with van der Waals surface area (Å²) in [6.45, 7) is 7.71. The lowest BCUT2D eigenvalue weighted by atomic mass is 10.0. The summed E-state index contributed by atoms with van der Waals surface area (Å²) >= 11 is 0. The van der Waals surface area contributed by atoms with Gasteiger partial charge in [-0.3, -0.25) is 14.4 Å². The Labute approximate surface area is 270 Å². The summed E-state index contributed by atoms with van der Waals surface area (Å²) in [4.78, 5) is 37.6. The van der Waals surface area contributed by atoms with E-state index in [2.05, 4.69) is 20.8 Å². The van der Waals surface area contributed by atoms with E-state index < -0.39 is 0 Å². The number of rotatable bonds is 30. The summed E-state index contributed by atoms with van der Waals surface area (Å²) in [6, 6.07) is 0. The van der Waals surface area contributed by atoms with Gasteiger partial charge < -0.3 is 18.9 Å². The molecule has 0 spiro atoms. The van der Waals surface area contributed by atoms with E-state index in [-0.39, 0.29) is 36.2 Å². The predicted molar refractivity (Wildman–Crippen MR) is 178 cm³/mol. The van der Waals surface area contributed by atoms with E-state index in [4.69, 9.17) is 18.9 Å². The Hall–Kier alpha value is -1.63. The standard InChI is InChI=1S/C37H68O7/c1-4-7-10-13-16-23-35(38)42-31-20-22-33(43-36(39)24-17-14-11-8-5-2)28-29-34(27-26-32-21-19-30-41-32)44-37(40)25-18-15-12-9-6-3/h32-34H,4-31H2,1-3H3. The van der Waals surface area contributed by atoms with E-state index in [9.17, 15) is 14.4 Å². The fourth-order valence-corrected chi connectivity index (χ4v) is 5.82. The molecular weight excluding hydrogens is 556 g/mol. The van der Waals surface area contributed by atoms with Crippen LogP contribution >= 0.6 is 0 Å². The highest BCUT2D eigenvalue weighted by Crippen LogP contribution is 2.23. The minimum atomic E-state index is -0.274. The molecule has 3 atom stereocenters. The molecule has 44 heavy (non-hydrogen) atoms. The molecule has 1 heterocycles. The zero-order valence-electron chi connectivity index (χ0n) is 28.9. The minimum absolute atomic E-state index is 0.124. The summed E-state index contributed by atoms with van der Waals surface area (Å²) in [5, 5.41) is 0. The third-order valence-corrected chi connectivity index (χ3v) is 8.63. The van der Waals surface area contributed by atoms with Crippen LogP contribution in [0, 0.1) is 0 Å². The highest BCUT2D eigenvalue weighted by Gasteiger charge is 2.23. The molecule has 1 fully saturated rings. The van der Waals surface area contributed by atoms with Gasteiger partial charge in [0, 0.05) is 25.9 Å². The second-order valence-electron chi connectivity index (χ2n) is 12.9. The molecule has 0 aromatic rings. The van der Waals surface area contributed by atoms with Gasteiger partial charge in [0.2, 0.25) is 0 Å². The first-order valence-electron chi connectivity index (χ1n) is 18.6. The number of hydrogen-bond acceptors (Lipinski definition) is 7. The molecule has 0 bridgehead atoms. The Balaban J connectivity index is 2.62. The molecule has 258 valence electrons. The van der Waals surface area contributed by atoms with Crippen LogP contribution in [-0.2, 0) is 33.3 Å². The maximum atomic E-state index is 12.7. The molecule has 1 aliphatic heterocycles. The third-order valence-electron chi connectivity index (χ3n) is 8.63. The molecule has 7 heteroatoms. The molecule has 0 aromatic carbocycles. The number of hydrogen-bond donors (Lipinski definition) is 0. The number of esters is 3. The van der Waals surface area contributed by atoms with Gasteiger partial charge in [-0.1, -0.05) is 97.8 Å². The van der Waals surface area contributed by atoms with E-state index in [1.54, 1.807) is 0 Å². The van der Waals surface area contributed by atoms with Crippen LogP contribution in [0.1, 0.15) is 188 Å². The lowest BCUT2D eigenvalue weighted by Crippen LogP contribution is -2.25. The fourth-order valence-electron chi connectivity index (χ4n) is 5.82. The Morgan fingerprint density at radius 1 is 0.591 bits per heavy atom. The van der Waals surface area contributed by atoms with Crippen molar-refractivity contribution in [1.82, 2.24) is 0 Å². The van der Waals surface area contributed by atoms with Crippen molar-refractivity contribution in [3.05, 3.63) is 0 Å². The van der Waals surface area contributed by atoms with Crippen molar-refractivity contribution in [2.45, 2.75) is 206 Å². The van der Waals surface area contributed by atoms with Gasteiger partial charge in [-0.15, -0.1) is 0 Å². The van der Waals surface area contributed by atoms with E-state index in [0.29, 0.717) is 51.6 Å². The molecule has 0 amide bonds. The molecule has 0 saturated carbocycles. The summed E-state index contributed by atoms with van der Waals surface area (Å²) in [5.74, 6) is -0.422. The molecule has 0 N–H and O–H groups in total. The number of unbranched alkanes of at least 4 members (excludes halogenated alkanes) is 12. The Kier molecular flexibility index (Phi) is 26.5. The van der Waals surface area contributed by atoms with E-state index in [1.165, 1.54) is 44.9 Å². The molecule has 1 rings (SSSR count). The first-order valence-corrected chi connectivity index (χ1v) is 18.6. The van der Waals surface area contributed by atoms with Crippen molar-refractivity contribution in [3.63, 3.8) is 0 Å². The maximum absolute atomic E-state index is 12.7. The lowest BCUT2D eigenvalue weighted by molar-refractivity contribution is -0.154. The van der Waals surface area contributed by atoms with E-state index >= 15 is 0 Å². The summed E-state index contributed by atoms with van der Waals surface area (Å²) in [5.41, 5.74) is 0. The van der Waals surface area contributed by atoms with Crippen molar-refractivity contribution in [3.8, 4) is 0 Å². The van der Waals surface area contributed by atoms with Crippen LogP contribution in [0.15, 0.2) is 0 Å². The quantitative estimate of drug-likeness (QED) is 0.0446. The molecule has 7 nitrogen and oxygen atoms in total. The van der Waals surface area contributed by atoms with Crippen LogP contribution in [0.4, 0.5) is 0 Å². The Bertz CT molecular complexity index is 704. The normalized spacial score (nSPS) is 16.0. The molecule has 0 radical (unpaired) electrons. The summed E-state index contributed by atoms with van der Waals surface area (Å²) < 4.78 is 23.3. The Morgan fingerprint density at radius 2 is 1.07 bits per heavy atom. The monoisotopic (exact) mass is 624 g/mol. The molecule has 1 saturated heterocycles. The number of carbonyl (C=O) groups is 3. The van der Waals surface area contributed by atoms with Gasteiger partial charge in [0.25, 0.3) is 0 Å². The van der Waals surface area contributed by atoms with E-state index in [0.717, 1.165) is 83.7 Å². The van der Waals surface area contributed by atoms with Crippen LogP contribution in [-0.4, -0.2) is 49.4 Å². The first kappa shape index (κ1) is 40.4. The molecule has 1 aliphatic rings. The van der Waals surface area contributed by atoms with Gasteiger partial charge >= 0.3 is 17.9 Å². The van der Waals surface area contributed by atoms with Crippen LogP contribution in [0.25, 0.3) is 0 Å². The summed E-state index contributed by atoms with van der Waals surface area (Å²) in [7, 11) is 0. The van der Waals surface area contributed by atoms with E-state index in [1.807, 2.05) is 0 Å². The van der Waals surface area contributed by atoms with Crippen molar-refractivity contribution < 1.29 is 33.3 Å². The molecular formula is C37H68O7. The second kappa shape index (κ2) is 28.8. The average molecular weight is 625 g/mol. The van der Waals surface area contributed by atoms with Gasteiger partial charge in [0.15, 0.2) is 0 Å². The second-order valence-corrected chi connectivity index (χ2v) is 12.9. The SMILES string of the molecule is CCCCCCCC(=O)OCCCC(CCC(CCC1CCCO1)OC(=O)CCCCCCC)OC(=O)CCCCCCC. The number of carbonyl (C=O) groups excluding carboxylic acids is 3. The molecule has 0 aliphatic carbocycles. The van der Waals surface area contributed by atoms with Crippen molar-refractivity contribution in [2.24, 2.45) is 0 Å². The predicted octanol–water partition coefficient (Wildman–Crippen LogP) is 9.95. The largest absolute Gasteiger partial charge is 0.466 e. The van der Waals surface area contributed by atoms with Gasteiger partial charge in [0.1, 0.15) is 12.2 Å². The lowest BCUT2D eigenvalue weighted by Gasteiger charge is -2.23. The zero-order valence-corrected chi connectivity index (χ0v) is 28.9. The van der Waals surface area contributed by atoms with Crippen LogP contribution in [0.2, 0.25) is 0 Å². The highest BCUT2D eigenvalue weighted by atomic mass is 16.6. The van der Waals surface area contributed by atoms with Crippen molar-refractivity contribution in [2.75, 3.05) is 13.2 Å². The zero-order chi connectivity index (χ0) is 32.1. The third kappa shape index (κ3) is 23.7.